The molecule has 1 atom stereocenters. The first-order chi connectivity index (χ1) is 9.02. The lowest BCUT2D eigenvalue weighted by atomic mass is 10.1. The summed E-state index contributed by atoms with van der Waals surface area (Å²) in [5.41, 5.74) is 0.778. The summed E-state index contributed by atoms with van der Waals surface area (Å²) < 4.78 is 1.90. The van der Waals surface area contributed by atoms with Crippen LogP contribution in [0.1, 0.15) is 30.1 Å². The number of thiophene rings is 1. The van der Waals surface area contributed by atoms with E-state index in [2.05, 4.69) is 50.7 Å². The second kappa shape index (κ2) is 6.70. The Bertz CT molecular complexity index is 463. The average Bonchev–Trinajstić information content (AvgIpc) is 2.59. The van der Waals surface area contributed by atoms with Gasteiger partial charge >= 0.3 is 0 Å². The Kier molecular flexibility index (Phi) is 5.45. The monoisotopic (exact) mass is 408 g/mol. The molecule has 0 N–H and O–H groups in total. The van der Waals surface area contributed by atoms with Crippen LogP contribution in [0, 0.1) is 0 Å². The molecule has 0 bridgehead atoms. The van der Waals surface area contributed by atoms with Gasteiger partial charge in [0.1, 0.15) is 0 Å². The SMILES string of the molecule is CCC1CN(C)CCCN1C(=O)c1cc(Br)sc1Br. The molecule has 19 heavy (non-hydrogen) atoms. The van der Waals surface area contributed by atoms with E-state index >= 15 is 0 Å². The quantitative estimate of drug-likeness (QED) is 0.740. The van der Waals surface area contributed by atoms with E-state index in [0.717, 1.165) is 45.6 Å². The van der Waals surface area contributed by atoms with Gasteiger partial charge in [-0.15, -0.1) is 11.3 Å². The van der Waals surface area contributed by atoms with Crippen molar-refractivity contribution in [2.24, 2.45) is 0 Å². The summed E-state index contributed by atoms with van der Waals surface area (Å²) >= 11 is 8.48. The smallest absolute Gasteiger partial charge is 0.256 e. The fourth-order valence-electron chi connectivity index (χ4n) is 2.50. The fourth-order valence-corrected chi connectivity index (χ4v) is 5.28. The molecular formula is C13H18Br2N2OS. The highest BCUT2D eigenvalue weighted by Crippen LogP contribution is 2.33. The maximum Gasteiger partial charge on any atom is 0.256 e. The molecule has 0 saturated carbocycles. The van der Waals surface area contributed by atoms with Crippen molar-refractivity contribution in [2.45, 2.75) is 25.8 Å². The van der Waals surface area contributed by atoms with Crippen LogP contribution in [-0.2, 0) is 0 Å². The van der Waals surface area contributed by atoms with Crippen LogP contribution >= 0.6 is 43.2 Å². The Balaban J connectivity index is 2.23. The molecule has 1 saturated heterocycles. The molecule has 2 heterocycles. The van der Waals surface area contributed by atoms with Gasteiger partial charge in [0.2, 0.25) is 0 Å². The second-order valence-corrected chi connectivity index (χ2v) is 8.66. The van der Waals surface area contributed by atoms with Crippen molar-refractivity contribution in [3.05, 3.63) is 19.2 Å². The average molecular weight is 410 g/mol. The van der Waals surface area contributed by atoms with Gasteiger partial charge in [-0.05, 0) is 64.4 Å². The van der Waals surface area contributed by atoms with Gasteiger partial charge in [-0.25, -0.2) is 0 Å². The lowest BCUT2D eigenvalue weighted by molar-refractivity contribution is 0.0675. The van der Waals surface area contributed by atoms with E-state index in [1.165, 1.54) is 0 Å². The predicted molar refractivity (Wildman–Crippen MR) is 86.9 cm³/mol. The number of hydrogen-bond acceptors (Lipinski definition) is 3. The summed E-state index contributed by atoms with van der Waals surface area (Å²) in [4.78, 5) is 17.1. The van der Waals surface area contributed by atoms with Crippen molar-refractivity contribution >= 4 is 49.1 Å². The number of nitrogens with zero attached hydrogens (tertiary/aromatic N) is 2. The molecule has 1 aliphatic heterocycles. The van der Waals surface area contributed by atoms with Crippen LogP contribution in [0.4, 0.5) is 0 Å². The van der Waals surface area contributed by atoms with Crippen molar-refractivity contribution in [3.63, 3.8) is 0 Å². The highest BCUT2D eigenvalue weighted by Gasteiger charge is 2.28. The summed E-state index contributed by atoms with van der Waals surface area (Å²) in [7, 11) is 2.13. The van der Waals surface area contributed by atoms with Crippen LogP contribution in [-0.4, -0.2) is 48.4 Å². The number of amides is 1. The highest BCUT2D eigenvalue weighted by molar-refractivity contribution is 9.12. The number of halogens is 2. The van der Waals surface area contributed by atoms with Gasteiger partial charge in [0.05, 0.1) is 13.1 Å². The molecule has 0 aromatic carbocycles. The number of carbonyl (C=O) groups excluding carboxylic acids is 1. The predicted octanol–water partition coefficient (Wildman–Crippen LogP) is 3.83. The van der Waals surface area contributed by atoms with E-state index in [1.807, 2.05) is 11.0 Å². The van der Waals surface area contributed by atoms with Crippen LogP contribution in [0.5, 0.6) is 0 Å². The largest absolute Gasteiger partial charge is 0.334 e. The molecule has 0 radical (unpaired) electrons. The molecule has 1 amide bonds. The number of carbonyl (C=O) groups is 1. The van der Waals surface area contributed by atoms with E-state index in [0.29, 0.717) is 6.04 Å². The molecule has 0 aliphatic carbocycles. The third-order valence-corrected chi connectivity index (χ3v) is 5.86. The van der Waals surface area contributed by atoms with Gasteiger partial charge in [0.25, 0.3) is 5.91 Å². The first-order valence-corrected chi connectivity index (χ1v) is 8.87. The van der Waals surface area contributed by atoms with Gasteiger partial charge in [0, 0.05) is 19.1 Å². The van der Waals surface area contributed by atoms with Crippen molar-refractivity contribution in [2.75, 3.05) is 26.7 Å². The van der Waals surface area contributed by atoms with Gasteiger partial charge in [0.15, 0.2) is 0 Å². The fraction of sp³-hybridized carbons (Fsp3) is 0.615. The van der Waals surface area contributed by atoms with Gasteiger partial charge in [-0.3, -0.25) is 4.79 Å². The molecule has 0 spiro atoms. The first-order valence-electron chi connectivity index (χ1n) is 6.47. The zero-order valence-electron chi connectivity index (χ0n) is 11.2. The Morgan fingerprint density at radius 2 is 2.21 bits per heavy atom. The van der Waals surface area contributed by atoms with Gasteiger partial charge in [-0.2, -0.15) is 0 Å². The Labute approximate surface area is 135 Å². The second-order valence-electron chi connectivity index (χ2n) is 4.91. The van der Waals surface area contributed by atoms with Gasteiger partial charge < -0.3 is 9.80 Å². The zero-order chi connectivity index (χ0) is 14.0. The topological polar surface area (TPSA) is 23.6 Å². The summed E-state index contributed by atoms with van der Waals surface area (Å²) in [6.45, 7) is 5.03. The third kappa shape index (κ3) is 3.60. The summed E-state index contributed by atoms with van der Waals surface area (Å²) in [6, 6.07) is 2.23. The molecule has 1 unspecified atom stereocenters. The maximum absolute atomic E-state index is 12.7. The van der Waals surface area contributed by atoms with E-state index in [1.54, 1.807) is 11.3 Å². The lowest BCUT2D eigenvalue weighted by Gasteiger charge is -2.30. The standard InChI is InChI=1S/C13H18Br2N2OS/c1-3-9-8-16(2)5-4-6-17(9)13(18)10-7-11(14)19-12(10)15/h7,9H,3-6,8H2,1-2H3. The van der Waals surface area contributed by atoms with E-state index in [4.69, 9.17) is 0 Å². The summed E-state index contributed by atoms with van der Waals surface area (Å²) in [5, 5.41) is 0. The first kappa shape index (κ1) is 15.5. The van der Waals surface area contributed by atoms with Crippen molar-refractivity contribution < 1.29 is 4.79 Å². The van der Waals surface area contributed by atoms with Crippen LogP contribution in [0.3, 0.4) is 0 Å². The van der Waals surface area contributed by atoms with Gasteiger partial charge in [-0.1, -0.05) is 6.92 Å². The molecule has 3 nitrogen and oxygen atoms in total. The minimum Gasteiger partial charge on any atom is -0.334 e. The molecule has 1 aliphatic rings. The van der Waals surface area contributed by atoms with Crippen LogP contribution < -0.4 is 0 Å². The number of likely N-dealkylation sites (N-methyl/N-ethyl adjacent to an activating group) is 1. The van der Waals surface area contributed by atoms with Crippen LogP contribution in [0.2, 0.25) is 0 Å². The van der Waals surface area contributed by atoms with Crippen molar-refractivity contribution in [3.8, 4) is 0 Å². The molecule has 106 valence electrons. The van der Waals surface area contributed by atoms with E-state index in [9.17, 15) is 4.79 Å². The summed E-state index contributed by atoms with van der Waals surface area (Å²) in [6.07, 6.45) is 2.04. The van der Waals surface area contributed by atoms with E-state index < -0.39 is 0 Å². The Hall–Kier alpha value is 0.0900. The van der Waals surface area contributed by atoms with Crippen LogP contribution in [0.25, 0.3) is 0 Å². The van der Waals surface area contributed by atoms with Crippen molar-refractivity contribution in [1.82, 2.24) is 9.80 Å². The molecule has 6 heteroatoms. The highest BCUT2D eigenvalue weighted by atomic mass is 79.9. The maximum atomic E-state index is 12.7. The molecular weight excluding hydrogens is 392 g/mol. The zero-order valence-corrected chi connectivity index (χ0v) is 15.1. The summed E-state index contributed by atoms with van der Waals surface area (Å²) in [5.74, 6) is 0.149. The third-order valence-electron chi connectivity index (χ3n) is 3.52. The Morgan fingerprint density at radius 1 is 1.47 bits per heavy atom. The lowest BCUT2D eigenvalue weighted by Crippen LogP contribution is -2.43. The van der Waals surface area contributed by atoms with Crippen molar-refractivity contribution in [1.29, 1.82) is 0 Å². The molecule has 1 aromatic heterocycles. The minimum atomic E-state index is 0.149. The molecule has 1 aromatic rings. The van der Waals surface area contributed by atoms with Crippen LogP contribution in [0.15, 0.2) is 13.6 Å². The normalized spacial score (nSPS) is 21.5. The van der Waals surface area contributed by atoms with E-state index in [-0.39, 0.29) is 5.91 Å². The number of rotatable bonds is 2. The minimum absolute atomic E-state index is 0.149. The molecule has 2 rings (SSSR count). The number of hydrogen-bond donors (Lipinski definition) is 0. The Morgan fingerprint density at radius 3 is 2.79 bits per heavy atom. The molecule has 1 fully saturated rings.